The van der Waals surface area contributed by atoms with E-state index >= 15 is 0 Å². The van der Waals surface area contributed by atoms with Gasteiger partial charge in [-0.05, 0) is 38.8 Å². The first-order valence-corrected chi connectivity index (χ1v) is 6.08. The van der Waals surface area contributed by atoms with Gasteiger partial charge in [-0.15, -0.1) is 12.4 Å². The molecular formula is C12H25ClN2O2. The number of rotatable bonds is 4. The van der Waals surface area contributed by atoms with E-state index < -0.39 is 5.60 Å². The van der Waals surface area contributed by atoms with E-state index in [2.05, 4.69) is 24.5 Å². The van der Waals surface area contributed by atoms with Crippen molar-refractivity contribution in [1.82, 2.24) is 10.6 Å². The maximum atomic E-state index is 12.2. The van der Waals surface area contributed by atoms with E-state index in [4.69, 9.17) is 4.74 Å². The molecule has 1 unspecified atom stereocenters. The van der Waals surface area contributed by atoms with Crippen LogP contribution in [0.3, 0.4) is 0 Å². The maximum absolute atomic E-state index is 12.2. The fourth-order valence-corrected chi connectivity index (χ4v) is 1.86. The first kappa shape index (κ1) is 16.7. The SMILES string of the molecule is COC1(C(=O)NC(C)C(C)C)CCNCC1.Cl. The Kier molecular flexibility index (Phi) is 7.05. The Balaban J connectivity index is 0.00000256. The second-order valence-corrected chi connectivity index (χ2v) is 4.95. The topological polar surface area (TPSA) is 50.4 Å². The summed E-state index contributed by atoms with van der Waals surface area (Å²) >= 11 is 0. The molecule has 0 saturated carbocycles. The predicted octanol–water partition coefficient (Wildman–Crippen LogP) is 1.34. The van der Waals surface area contributed by atoms with Crippen molar-refractivity contribution >= 4 is 18.3 Å². The Labute approximate surface area is 110 Å². The minimum atomic E-state index is -0.617. The molecular weight excluding hydrogens is 240 g/mol. The van der Waals surface area contributed by atoms with Crippen molar-refractivity contribution in [3.05, 3.63) is 0 Å². The third-order valence-corrected chi connectivity index (χ3v) is 3.57. The van der Waals surface area contributed by atoms with Gasteiger partial charge in [0.25, 0.3) is 5.91 Å². The fraction of sp³-hybridized carbons (Fsp3) is 0.917. The molecule has 1 fully saturated rings. The lowest BCUT2D eigenvalue weighted by Crippen LogP contribution is -2.56. The highest BCUT2D eigenvalue weighted by Gasteiger charge is 2.40. The predicted molar refractivity (Wildman–Crippen MR) is 71.5 cm³/mol. The van der Waals surface area contributed by atoms with Gasteiger partial charge >= 0.3 is 0 Å². The van der Waals surface area contributed by atoms with Crippen LogP contribution in [0, 0.1) is 5.92 Å². The number of amides is 1. The lowest BCUT2D eigenvalue weighted by atomic mass is 9.90. The van der Waals surface area contributed by atoms with Crippen molar-refractivity contribution < 1.29 is 9.53 Å². The zero-order valence-electron chi connectivity index (χ0n) is 11.2. The molecule has 102 valence electrons. The van der Waals surface area contributed by atoms with Crippen LogP contribution in [0.25, 0.3) is 0 Å². The highest BCUT2D eigenvalue weighted by atomic mass is 35.5. The Morgan fingerprint density at radius 3 is 2.24 bits per heavy atom. The van der Waals surface area contributed by atoms with Gasteiger partial charge in [0.15, 0.2) is 0 Å². The first-order valence-electron chi connectivity index (χ1n) is 6.08. The second kappa shape index (κ2) is 7.19. The Morgan fingerprint density at radius 1 is 1.29 bits per heavy atom. The van der Waals surface area contributed by atoms with Crippen LogP contribution in [0.15, 0.2) is 0 Å². The quantitative estimate of drug-likeness (QED) is 0.806. The van der Waals surface area contributed by atoms with Gasteiger partial charge in [0.2, 0.25) is 0 Å². The van der Waals surface area contributed by atoms with Crippen LogP contribution in [0.2, 0.25) is 0 Å². The minimum Gasteiger partial charge on any atom is -0.368 e. The monoisotopic (exact) mass is 264 g/mol. The summed E-state index contributed by atoms with van der Waals surface area (Å²) in [6.45, 7) is 7.93. The van der Waals surface area contributed by atoms with Crippen LogP contribution in [0.5, 0.6) is 0 Å². The summed E-state index contributed by atoms with van der Waals surface area (Å²) in [4.78, 5) is 12.2. The first-order chi connectivity index (χ1) is 7.52. The summed E-state index contributed by atoms with van der Waals surface area (Å²) in [6.07, 6.45) is 1.50. The zero-order chi connectivity index (χ0) is 12.2. The summed E-state index contributed by atoms with van der Waals surface area (Å²) in [7, 11) is 1.63. The number of hydrogen-bond acceptors (Lipinski definition) is 3. The molecule has 1 heterocycles. The van der Waals surface area contributed by atoms with Gasteiger partial charge in [0.05, 0.1) is 0 Å². The average Bonchev–Trinajstić information content (AvgIpc) is 2.29. The molecule has 17 heavy (non-hydrogen) atoms. The van der Waals surface area contributed by atoms with Gasteiger partial charge in [-0.3, -0.25) is 4.79 Å². The molecule has 0 aromatic heterocycles. The summed E-state index contributed by atoms with van der Waals surface area (Å²) in [5.41, 5.74) is -0.617. The molecule has 0 spiro atoms. The molecule has 1 amide bonds. The molecule has 1 atom stereocenters. The van der Waals surface area contributed by atoms with Crippen LogP contribution >= 0.6 is 12.4 Å². The van der Waals surface area contributed by atoms with Gasteiger partial charge in [0, 0.05) is 13.2 Å². The normalized spacial score (nSPS) is 20.5. The van der Waals surface area contributed by atoms with Crippen LogP contribution < -0.4 is 10.6 Å². The van der Waals surface area contributed by atoms with Crippen LogP contribution in [-0.2, 0) is 9.53 Å². The Morgan fingerprint density at radius 2 is 1.82 bits per heavy atom. The number of ether oxygens (including phenoxy) is 1. The van der Waals surface area contributed by atoms with E-state index in [1.165, 1.54) is 0 Å². The number of piperidine rings is 1. The molecule has 1 aliphatic heterocycles. The van der Waals surface area contributed by atoms with E-state index in [0.29, 0.717) is 5.92 Å². The number of carbonyl (C=O) groups excluding carboxylic acids is 1. The summed E-state index contributed by atoms with van der Waals surface area (Å²) in [5, 5.41) is 6.29. The van der Waals surface area contributed by atoms with Crippen molar-refractivity contribution in [2.24, 2.45) is 5.92 Å². The standard InChI is InChI=1S/C12H24N2O2.ClH/c1-9(2)10(3)14-11(15)12(16-4)5-7-13-8-6-12;/h9-10,13H,5-8H2,1-4H3,(H,14,15);1H. The van der Waals surface area contributed by atoms with Gasteiger partial charge in [-0.1, -0.05) is 13.8 Å². The highest BCUT2D eigenvalue weighted by molar-refractivity contribution is 5.85. The number of carbonyl (C=O) groups is 1. The van der Waals surface area contributed by atoms with E-state index in [1.54, 1.807) is 7.11 Å². The van der Waals surface area contributed by atoms with E-state index in [9.17, 15) is 4.79 Å². The molecule has 1 saturated heterocycles. The van der Waals surface area contributed by atoms with Gasteiger partial charge in [0.1, 0.15) is 5.60 Å². The van der Waals surface area contributed by atoms with Gasteiger partial charge in [-0.2, -0.15) is 0 Å². The van der Waals surface area contributed by atoms with Crippen LogP contribution in [0.4, 0.5) is 0 Å². The van der Waals surface area contributed by atoms with E-state index in [1.807, 2.05) is 6.92 Å². The molecule has 1 aliphatic rings. The third-order valence-electron chi connectivity index (χ3n) is 3.57. The third kappa shape index (κ3) is 4.12. The largest absolute Gasteiger partial charge is 0.368 e. The fourth-order valence-electron chi connectivity index (χ4n) is 1.86. The van der Waals surface area contributed by atoms with Crippen LogP contribution in [0.1, 0.15) is 33.6 Å². The number of hydrogen-bond donors (Lipinski definition) is 2. The molecule has 2 N–H and O–H groups in total. The van der Waals surface area contributed by atoms with Crippen molar-refractivity contribution in [1.29, 1.82) is 0 Å². The van der Waals surface area contributed by atoms with Crippen molar-refractivity contribution in [3.63, 3.8) is 0 Å². The van der Waals surface area contributed by atoms with Crippen molar-refractivity contribution in [2.75, 3.05) is 20.2 Å². The zero-order valence-corrected chi connectivity index (χ0v) is 12.0. The summed E-state index contributed by atoms with van der Waals surface area (Å²) in [5.74, 6) is 0.484. The Bertz CT molecular complexity index is 241. The molecule has 0 aromatic carbocycles. The smallest absolute Gasteiger partial charge is 0.252 e. The lowest BCUT2D eigenvalue weighted by molar-refractivity contribution is -0.147. The van der Waals surface area contributed by atoms with Crippen LogP contribution in [-0.4, -0.2) is 37.7 Å². The molecule has 0 aromatic rings. The summed E-state index contributed by atoms with van der Waals surface area (Å²) < 4.78 is 5.47. The van der Waals surface area contributed by atoms with E-state index in [0.717, 1.165) is 25.9 Å². The maximum Gasteiger partial charge on any atom is 0.252 e. The molecule has 0 radical (unpaired) electrons. The van der Waals surface area contributed by atoms with Crippen molar-refractivity contribution in [2.45, 2.75) is 45.3 Å². The molecule has 4 nitrogen and oxygen atoms in total. The van der Waals surface area contributed by atoms with Gasteiger partial charge < -0.3 is 15.4 Å². The average molecular weight is 265 g/mol. The molecule has 0 aliphatic carbocycles. The molecule has 5 heteroatoms. The number of methoxy groups -OCH3 is 1. The summed E-state index contributed by atoms with van der Waals surface area (Å²) in [6, 6.07) is 0.189. The molecule has 1 rings (SSSR count). The number of halogens is 1. The molecule has 0 bridgehead atoms. The highest BCUT2D eigenvalue weighted by Crippen LogP contribution is 2.23. The van der Waals surface area contributed by atoms with Crippen molar-refractivity contribution in [3.8, 4) is 0 Å². The Hall–Kier alpha value is -0.320. The van der Waals surface area contributed by atoms with Gasteiger partial charge in [-0.25, -0.2) is 0 Å². The number of nitrogens with one attached hydrogen (secondary N) is 2. The lowest BCUT2D eigenvalue weighted by Gasteiger charge is -2.36. The van der Waals surface area contributed by atoms with E-state index in [-0.39, 0.29) is 24.4 Å². The minimum absolute atomic E-state index is 0. The second-order valence-electron chi connectivity index (χ2n) is 4.95.